The standard InChI is InChI=1S/C49H32N2O/c1-4-12-33(13-5-1)35-22-25-41(26-23-35)51(40-18-8-3-9-19-40)42-27-28-43-44(38-21-20-34-14-10-11-17-37(34)30-38)31-39-24-29-46-48(47(39)45(43)32-42)52-49(50-46)36-15-6-2-7-16-36/h1-32H. The number of benzene rings is 9. The molecular formula is C49H32N2O. The smallest absolute Gasteiger partial charge is 0.227 e. The van der Waals surface area contributed by atoms with Gasteiger partial charge in [0, 0.05) is 28.0 Å². The molecule has 0 N–H and O–H groups in total. The van der Waals surface area contributed by atoms with Gasteiger partial charge in [0.1, 0.15) is 5.52 Å². The second-order valence-corrected chi connectivity index (χ2v) is 13.2. The minimum Gasteiger partial charge on any atom is -0.435 e. The number of oxazole rings is 1. The zero-order valence-electron chi connectivity index (χ0n) is 28.3. The minimum absolute atomic E-state index is 0.621. The van der Waals surface area contributed by atoms with Gasteiger partial charge in [0.05, 0.1) is 0 Å². The number of anilines is 3. The zero-order chi connectivity index (χ0) is 34.4. The van der Waals surface area contributed by atoms with Gasteiger partial charge in [-0.3, -0.25) is 0 Å². The molecule has 10 aromatic rings. The van der Waals surface area contributed by atoms with Crippen molar-refractivity contribution in [2.75, 3.05) is 4.90 Å². The first-order chi connectivity index (χ1) is 25.8. The highest BCUT2D eigenvalue weighted by Crippen LogP contribution is 2.44. The molecule has 3 heteroatoms. The number of hydrogen-bond acceptors (Lipinski definition) is 3. The van der Waals surface area contributed by atoms with E-state index in [4.69, 9.17) is 9.40 Å². The number of hydrogen-bond donors (Lipinski definition) is 0. The van der Waals surface area contributed by atoms with Crippen LogP contribution in [0.25, 0.3) is 77.1 Å². The maximum absolute atomic E-state index is 6.68. The van der Waals surface area contributed by atoms with Gasteiger partial charge >= 0.3 is 0 Å². The topological polar surface area (TPSA) is 29.3 Å². The van der Waals surface area contributed by atoms with Gasteiger partial charge in [-0.05, 0) is 116 Å². The predicted octanol–water partition coefficient (Wildman–Crippen LogP) is 13.8. The average molecular weight is 665 g/mol. The van der Waals surface area contributed by atoms with E-state index in [-0.39, 0.29) is 0 Å². The molecular weight excluding hydrogens is 633 g/mol. The predicted molar refractivity (Wildman–Crippen MR) is 218 cm³/mol. The van der Waals surface area contributed by atoms with Crippen molar-refractivity contribution >= 4 is 60.5 Å². The zero-order valence-corrected chi connectivity index (χ0v) is 28.3. The second kappa shape index (κ2) is 12.4. The summed E-state index contributed by atoms with van der Waals surface area (Å²) >= 11 is 0. The molecule has 0 radical (unpaired) electrons. The maximum atomic E-state index is 6.68. The molecule has 0 bridgehead atoms. The maximum Gasteiger partial charge on any atom is 0.227 e. The van der Waals surface area contributed by atoms with Crippen molar-refractivity contribution < 1.29 is 4.42 Å². The van der Waals surface area contributed by atoms with Crippen LogP contribution in [0.1, 0.15) is 0 Å². The Labute approximate surface area is 301 Å². The van der Waals surface area contributed by atoms with Crippen LogP contribution < -0.4 is 4.90 Å². The summed E-state index contributed by atoms with van der Waals surface area (Å²) in [7, 11) is 0. The molecule has 0 spiro atoms. The summed E-state index contributed by atoms with van der Waals surface area (Å²) in [5, 5.41) is 6.88. The van der Waals surface area contributed by atoms with Gasteiger partial charge in [0.2, 0.25) is 5.89 Å². The molecule has 0 aliphatic carbocycles. The number of nitrogens with zero attached hydrogens (tertiary/aromatic N) is 2. The van der Waals surface area contributed by atoms with Crippen molar-refractivity contribution in [1.82, 2.24) is 4.98 Å². The highest BCUT2D eigenvalue weighted by Gasteiger charge is 2.19. The first-order valence-electron chi connectivity index (χ1n) is 17.6. The summed E-state index contributed by atoms with van der Waals surface area (Å²) in [5.41, 5.74) is 10.6. The highest BCUT2D eigenvalue weighted by molar-refractivity contribution is 6.22. The molecule has 1 aromatic heterocycles. The van der Waals surface area contributed by atoms with Crippen LogP contribution in [0.4, 0.5) is 17.1 Å². The first-order valence-corrected chi connectivity index (χ1v) is 17.6. The van der Waals surface area contributed by atoms with Crippen molar-refractivity contribution in [3.05, 3.63) is 194 Å². The lowest BCUT2D eigenvalue weighted by Gasteiger charge is -2.26. The van der Waals surface area contributed by atoms with Crippen LogP contribution in [0.3, 0.4) is 0 Å². The van der Waals surface area contributed by atoms with Crippen LogP contribution in [0, 0.1) is 0 Å². The molecule has 1 heterocycles. The van der Waals surface area contributed by atoms with E-state index in [1.165, 1.54) is 33.0 Å². The summed E-state index contributed by atoms with van der Waals surface area (Å²) in [6, 6.07) is 68.8. The molecule has 0 aliphatic rings. The molecule has 0 saturated carbocycles. The fourth-order valence-corrected chi connectivity index (χ4v) is 7.51. The van der Waals surface area contributed by atoms with E-state index >= 15 is 0 Å². The highest BCUT2D eigenvalue weighted by atomic mass is 16.3. The third kappa shape index (κ3) is 5.19. The van der Waals surface area contributed by atoms with E-state index in [2.05, 4.69) is 169 Å². The summed E-state index contributed by atoms with van der Waals surface area (Å²) in [5.74, 6) is 0.621. The Morgan fingerprint density at radius 2 is 0.981 bits per heavy atom. The van der Waals surface area contributed by atoms with E-state index in [0.717, 1.165) is 55.3 Å². The Morgan fingerprint density at radius 3 is 1.75 bits per heavy atom. The quantitative estimate of drug-likeness (QED) is 0.166. The van der Waals surface area contributed by atoms with Crippen molar-refractivity contribution in [3.63, 3.8) is 0 Å². The van der Waals surface area contributed by atoms with Crippen molar-refractivity contribution in [2.24, 2.45) is 0 Å². The van der Waals surface area contributed by atoms with Crippen LogP contribution in [-0.2, 0) is 0 Å². The van der Waals surface area contributed by atoms with E-state index in [9.17, 15) is 0 Å². The summed E-state index contributed by atoms with van der Waals surface area (Å²) < 4.78 is 6.68. The molecule has 3 nitrogen and oxygen atoms in total. The first kappa shape index (κ1) is 29.9. The number of para-hydroxylation sites is 1. The summed E-state index contributed by atoms with van der Waals surface area (Å²) in [4.78, 5) is 7.30. The van der Waals surface area contributed by atoms with Gasteiger partial charge in [-0.1, -0.05) is 127 Å². The number of aromatic nitrogens is 1. The molecule has 0 atom stereocenters. The van der Waals surface area contributed by atoms with Crippen molar-refractivity contribution in [1.29, 1.82) is 0 Å². The normalized spacial score (nSPS) is 11.5. The minimum atomic E-state index is 0.621. The lowest BCUT2D eigenvalue weighted by Crippen LogP contribution is -2.09. The Hall–Kier alpha value is -6.97. The lowest BCUT2D eigenvalue weighted by atomic mass is 9.91. The van der Waals surface area contributed by atoms with Gasteiger partial charge in [-0.25, -0.2) is 4.98 Å². The molecule has 244 valence electrons. The fraction of sp³-hybridized carbons (Fsp3) is 0. The monoisotopic (exact) mass is 664 g/mol. The van der Waals surface area contributed by atoms with Crippen LogP contribution in [0.5, 0.6) is 0 Å². The third-order valence-corrected chi connectivity index (χ3v) is 10.0. The Balaban J connectivity index is 1.23. The van der Waals surface area contributed by atoms with Crippen molar-refractivity contribution in [2.45, 2.75) is 0 Å². The molecule has 9 aromatic carbocycles. The molecule has 0 amide bonds. The molecule has 0 aliphatic heterocycles. The lowest BCUT2D eigenvalue weighted by molar-refractivity contribution is 0.623. The van der Waals surface area contributed by atoms with Crippen LogP contribution in [0.15, 0.2) is 199 Å². The number of fused-ring (bicyclic) bond motifs is 6. The van der Waals surface area contributed by atoms with E-state index in [1.54, 1.807) is 0 Å². The Morgan fingerprint density at radius 1 is 0.385 bits per heavy atom. The van der Waals surface area contributed by atoms with Gasteiger partial charge in [0.15, 0.2) is 5.58 Å². The molecule has 0 saturated heterocycles. The van der Waals surface area contributed by atoms with E-state index < -0.39 is 0 Å². The van der Waals surface area contributed by atoms with Gasteiger partial charge < -0.3 is 9.32 Å². The van der Waals surface area contributed by atoms with Gasteiger partial charge in [-0.15, -0.1) is 0 Å². The third-order valence-electron chi connectivity index (χ3n) is 10.0. The average Bonchev–Trinajstić information content (AvgIpc) is 3.67. The van der Waals surface area contributed by atoms with Crippen LogP contribution >= 0.6 is 0 Å². The van der Waals surface area contributed by atoms with Crippen molar-refractivity contribution in [3.8, 4) is 33.7 Å². The fourth-order valence-electron chi connectivity index (χ4n) is 7.51. The van der Waals surface area contributed by atoms with E-state index in [0.29, 0.717) is 5.89 Å². The van der Waals surface area contributed by atoms with Gasteiger partial charge in [-0.2, -0.15) is 0 Å². The molecule has 10 rings (SSSR count). The second-order valence-electron chi connectivity index (χ2n) is 13.2. The molecule has 0 fully saturated rings. The van der Waals surface area contributed by atoms with Gasteiger partial charge in [0.25, 0.3) is 0 Å². The van der Waals surface area contributed by atoms with Crippen LogP contribution in [0.2, 0.25) is 0 Å². The largest absolute Gasteiger partial charge is 0.435 e. The molecule has 0 unspecified atom stereocenters. The number of rotatable bonds is 6. The Bertz CT molecular complexity index is 2880. The Kier molecular flexibility index (Phi) is 7.14. The van der Waals surface area contributed by atoms with E-state index in [1.807, 2.05) is 30.3 Å². The van der Waals surface area contributed by atoms with Crippen LogP contribution in [-0.4, -0.2) is 4.98 Å². The SMILES string of the molecule is c1ccc(-c2ccc(N(c3ccccc3)c3ccc4c(-c5ccc6ccccc6c5)cc5ccc6nc(-c7ccccc7)oc6c5c4c3)cc2)cc1. The molecule has 52 heavy (non-hydrogen) atoms. The summed E-state index contributed by atoms with van der Waals surface area (Å²) in [6.45, 7) is 0. The summed E-state index contributed by atoms with van der Waals surface area (Å²) in [6.07, 6.45) is 0.